The highest BCUT2D eigenvalue weighted by molar-refractivity contribution is 9.10. The molecule has 0 saturated heterocycles. The third-order valence-corrected chi connectivity index (χ3v) is 4.69. The van der Waals surface area contributed by atoms with Gasteiger partial charge in [-0.1, -0.05) is 47.8 Å². The summed E-state index contributed by atoms with van der Waals surface area (Å²) in [5.41, 5.74) is 0. The fourth-order valence-electron chi connectivity index (χ4n) is 2.65. The minimum atomic E-state index is 0.489. The van der Waals surface area contributed by atoms with Crippen molar-refractivity contribution in [2.24, 2.45) is 11.8 Å². The fraction of sp³-hybridized carbons (Fsp3) is 0.818. The number of allylic oxidation sites excluding steroid dienone is 2. The molecular formula is C11H17Br. The number of hydrogen-bond donors (Lipinski definition) is 0. The van der Waals surface area contributed by atoms with Crippen molar-refractivity contribution < 1.29 is 0 Å². The van der Waals surface area contributed by atoms with Gasteiger partial charge in [-0.2, -0.15) is 0 Å². The molecule has 3 atom stereocenters. The first-order valence-electron chi connectivity index (χ1n) is 5.12. The summed E-state index contributed by atoms with van der Waals surface area (Å²) in [5, 5.41) is 0. The molecule has 2 rings (SSSR count). The normalized spacial score (nSPS) is 44.2. The first-order chi connectivity index (χ1) is 5.74. The summed E-state index contributed by atoms with van der Waals surface area (Å²) in [6.07, 6.45) is 11.7. The quantitative estimate of drug-likeness (QED) is 0.508. The minimum Gasteiger partial charge on any atom is -0.0850 e. The maximum atomic E-state index is 3.95. The van der Waals surface area contributed by atoms with Crippen LogP contribution in [0.4, 0.5) is 0 Å². The Kier molecular flexibility index (Phi) is 2.33. The number of hydrogen-bond acceptors (Lipinski definition) is 0. The predicted molar refractivity (Wildman–Crippen MR) is 56.5 cm³/mol. The van der Waals surface area contributed by atoms with Crippen molar-refractivity contribution in [3.8, 4) is 0 Å². The number of halogens is 1. The maximum absolute atomic E-state index is 3.95. The fourth-order valence-corrected chi connectivity index (χ4v) is 3.69. The Hall–Kier alpha value is 0.220. The van der Waals surface area contributed by atoms with E-state index in [0.717, 1.165) is 11.8 Å². The van der Waals surface area contributed by atoms with Crippen LogP contribution < -0.4 is 0 Å². The van der Waals surface area contributed by atoms with Crippen molar-refractivity contribution in [3.05, 3.63) is 12.2 Å². The highest BCUT2D eigenvalue weighted by Gasteiger charge is 2.45. The molecule has 2 aliphatic rings. The van der Waals surface area contributed by atoms with E-state index in [2.05, 4.69) is 35.0 Å². The third-order valence-electron chi connectivity index (χ3n) is 3.38. The van der Waals surface area contributed by atoms with E-state index >= 15 is 0 Å². The molecule has 12 heavy (non-hydrogen) atoms. The van der Waals surface area contributed by atoms with Crippen molar-refractivity contribution in [2.45, 2.75) is 43.4 Å². The van der Waals surface area contributed by atoms with Gasteiger partial charge in [-0.25, -0.2) is 0 Å². The van der Waals surface area contributed by atoms with Gasteiger partial charge >= 0.3 is 0 Å². The second kappa shape index (κ2) is 3.17. The zero-order chi connectivity index (χ0) is 8.60. The molecule has 1 saturated carbocycles. The average Bonchev–Trinajstić information content (AvgIpc) is 2.60. The Morgan fingerprint density at radius 2 is 2.33 bits per heavy atom. The molecule has 0 spiro atoms. The van der Waals surface area contributed by atoms with Crippen LogP contribution >= 0.6 is 15.9 Å². The first-order valence-corrected chi connectivity index (χ1v) is 5.91. The maximum Gasteiger partial charge on any atom is 0.0326 e. The van der Waals surface area contributed by atoms with E-state index in [-0.39, 0.29) is 0 Å². The lowest BCUT2D eigenvalue weighted by molar-refractivity contribution is 0.461. The zero-order valence-electron chi connectivity index (χ0n) is 7.72. The van der Waals surface area contributed by atoms with Crippen LogP contribution in [0.1, 0.15) is 39.0 Å². The smallest absolute Gasteiger partial charge is 0.0326 e. The van der Waals surface area contributed by atoms with Crippen molar-refractivity contribution in [2.75, 3.05) is 0 Å². The molecule has 1 heteroatoms. The molecule has 0 amide bonds. The molecule has 2 bridgehead atoms. The van der Waals surface area contributed by atoms with Crippen LogP contribution in [0, 0.1) is 11.8 Å². The summed E-state index contributed by atoms with van der Waals surface area (Å²) in [5.74, 6) is 1.74. The SMILES string of the molecule is CCCCC1(Br)CC2C=CC1C2. The van der Waals surface area contributed by atoms with Crippen LogP contribution in [-0.2, 0) is 0 Å². The van der Waals surface area contributed by atoms with E-state index in [1.54, 1.807) is 0 Å². The van der Waals surface area contributed by atoms with Gasteiger partial charge in [0.1, 0.15) is 0 Å². The van der Waals surface area contributed by atoms with Crippen LogP contribution in [0.15, 0.2) is 12.2 Å². The zero-order valence-corrected chi connectivity index (χ0v) is 9.31. The molecule has 0 aromatic heterocycles. The summed E-state index contributed by atoms with van der Waals surface area (Å²) in [7, 11) is 0. The van der Waals surface area contributed by atoms with Gasteiger partial charge in [0.15, 0.2) is 0 Å². The molecule has 0 aliphatic heterocycles. The summed E-state index contributed by atoms with van der Waals surface area (Å²) in [6, 6.07) is 0. The average molecular weight is 229 g/mol. The van der Waals surface area contributed by atoms with Crippen LogP contribution in [-0.4, -0.2) is 4.32 Å². The van der Waals surface area contributed by atoms with Crippen LogP contribution in [0.25, 0.3) is 0 Å². The van der Waals surface area contributed by atoms with Crippen LogP contribution in [0.5, 0.6) is 0 Å². The minimum absolute atomic E-state index is 0.489. The van der Waals surface area contributed by atoms with E-state index < -0.39 is 0 Å². The lowest BCUT2D eigenvalue weighted by atomic mass is 9.89. The predicted octanol–water partition coefficient (Wildman–Crippen LogP) is 3.91. The summed E-state index contributed by atoms with van der Waals surface area (Å²) < 4.78 is 0.489. The van der Waals surface area contributed by atoms with Crippen molar-refractivity contribution in [1.29, 1.82) is 0 Å². The molecule has 3 unspecified atom stereocenters. The van der Waals surface area contributed by atoms with Gasteiger partial charge in [0.25, 0.3) is 0 Å². The van der Waals surface area contributed by atoms with Gasteiger partial charge < -0.3 is 0 Å². The van der Waals surface area contributed by atoms with Gasteiger partial charge in [-0.05, 0) is 31.1 Å². The van der Waals surface area contributed by atoms with E-state index in [4.69, 9.17) is 0 Å². The van der Waals surface area contributed by atoms with Crippen molar-refractivity contribution in [3.63, 3.8) is 0 Å². The van der Waals surface area contributed by atoms with Crippen LogP contribution in [0.3, 0.4) is 0 Å². The highest BCUT2D eigenvalue weighted by Crippen LogP contribution is 2.53. The van der Waals surface area contributed by atoms with Crippen LogP contribution in [0.2, 0.25) is 0 Å². The molecule has 0 radical (unpaired) electrons. The van der Waals surface area contributed by atoms with Crippen molar-refractivity contribution >= 4 is 15.9 Å². The Balaban J connectivity index is 1.99. The Labute approximate surface area is 83.6 Å². The lowest BCUT2D eigenvalue weighted by Crippen LogP contribution is -2.25. The Bertz CT molecular complexity index is 197. The summed E-state index contributed by atoms with van der Waals surface area (Å²) in [4.78, 5) is 0. The Morgan fingerprint density at radius 1 is 1.50 bits per heavy atom. The van der Waals surface area contributed by atoms with Gasteiger partial charge in [0.05, 0.1) is 0 Å². The first kappa shape index (κ1) is 8.80. The molecule has 0 nitrogen and oxygen atoms in total. The number of alkyl halides is 1. The molecule has 0 N–H and O–H groups in total. The molecule has 68 valence electrons. The Morgan fingerprint density at radius 3 is 2.83 bits per heavy atom. The standard InChI is InChI=1S/C11H17Br/c1-2-3-6-11(12)8-9-4-5-10(11)7-9/h4-5,9-10H,2-3,6-8H2,1H3. The monoisotopic (exact) mass is 228 g/mol. The van der Waals surface area contributed by atoms with Gasteiger partial charge in [-0.15, -0.1) is 0 Å². The summed E-state index contributed by atoms with van der Waals surface area (Å²) >= 11 is 3.95. The number of fused-ring (bicyclic) bond motifs is 2. The number of unbranched alkanes of at least 4 members (excludes halogenated alkanes) is 1. The highest BCUT2D eigenvalue weighted by atomic mass is 79.9. The molecule has 0 aromatic carbocycles. The molecule has 2 aliphatic carbocycles. The van der Waals surface area contributed by atoms with Gasteiger partial charge in [-0.3, -0.25) is 0 Å². The van der Waals surface area contributed by atoms with E-state index in [1.807, 2.05) is 0 Å². The topological polar surface area (TPSA) is 0 Å². The molecule has 1 fully saturated rings. The largest absolute Gasteiger partial charge is 0.0850 e. The molecular weight excluding hydrogens is 212 g/mol. The van der Waals surface area contributed by atoms with E-state index in [1.165, 1.54) is 32.1 Å². The van der Waals surface area contributed by atoms with E-state index in [9.17, 15) is 0 Å². The second-order valence-electron chi connectivity index (χ2n) is 4.33. The van der Waals surface area contributed by atoms with Gasteiger partial charge in [0, 0.05) is 4.32 Å². The molecule has 0 heterocycles. The van der Waals surface area contributed by atoms with Crippen molar-refractivity contribution in [1.82, 2.24) is 0 Å². The third kappa shape index (κ3) is 1.37. The second-order valence-corrected chi connectivity index (χ2v) is 5.91. The number of rotatable bonds is 3. The summed E-state index contributed by atoms with van der Waals surface area (Å²) in [6.45, 7) is 2.28. The van der Waals surface area contributed by atoms with E-state index in [0.29, 0.717) is 4.32 Å². The molecule has 0 aromatic rings. The lowest BCUT2D eigenvalue weighted by Gasteiger charge is -2.29. The van der Waals surface area contributed by atoms with Gasteiger partial charge in [0.2, 0.25) is 0 Å².